The van der Waals surface area contributed by atoms with Crippen LogP contribution in [0.25, 0.3) is 0 Å². The first kappa shape index (κ1) is 21.4. The molecule has 1 aromatic carbocycles. The molecule has 6 heteroatoms. The highest BCUT2D eigenvalue weighted by Crippen LogP contribution is 2.36. The van der Waals surface area contributed by atoms with Crippen molar-refractivity contribution in [3.8, 4) is 0 Å². The summed E-state index contributed by atoms with van der Waals surface area (Å²) in [6.07, 6.45) is 1.89. The minimum Gasteiger partial charge on any atom is -0.445 e. The Morgan fingerprint density at radius 2 is 1.86 bits per heavy atom. The SMILES string of the molecule is CC(C)(C)OC1CC(c2ncc(C(C)(C)C)o2)N(C(=O)OCc2ccccc2)C1. The minimum absolute atomic E-state index is 0.103. The lowest BCUT2D eigenvalue weighted by atomic mass is 9.94. The molecule has 0 saturated carbocycles. The molecule has 0 N–H and O–H groups in total. The number of aromatic nitrogens is 1. The van der Waals surface area contributed by atoms with Gasteiger partial charge in [0.05, 0.1) is 24.4 Å². The smallest absolute Gasteiger partial charge is 0.410 e. The maximum atomic E-state index is 12.9. The molecular formula is C23H32N2O4. The number of hydrogen-bond acceptors (Lipinski definition) is 5. The van der Waals surface area contributed by atoms with Crippen LogP contribution in [0, 0.1) is 0 Å². The Hall–Kier alpha value is -2.34. The van der Waals surface area contributed by atoms with Gasteiger partial charge in [-0.2, -0.15) is 0 Å². The van der Waals surface area contributed by atoms with Gasteiger partial charge in [-0.15, -0.1) is 0 Å². The molecule has 0 aliphatic carbocycles. The van der Waals surface area contributed by atoms with Crippen molar-refractivity contribution < 1.29 is 18.7 Å². The van der Waals surface area contributed by atoms with Crippen molar-refractivity contribution in [2.45, 2.75) is 77.7 Å². The molecule has 1 saturated heterocycles. The number of carbonyl (C=O) groups excluding carboxylic acids is 1. The Bertz CT molecular complexity index is 817. The summed E-state index contributed by atoms with van der Waals surface area (Å²) in [5, 5.41) is 0. The summed E-state index contributed by atoms with van der Waals surface area (Å²) >= 11 is 0. The average Bonchev–Trinajstić information content (AvgIpc) is 3.26. The molecule has 2 aromatic rings. The standard InChI is InChI=1S/C23H32N2O4/c1-22(2,3)19-13-24-20(28-19)18-12-17(29-23(4,5)6)14-25(18)21(26)27-15-16-10-8-7-9-11-16/h7-11,13,17-18H,12,14-15H2,1-6H3. The van der Waals surface area contributed by atoms with Crippen LogP contribution in [0.3, 0.4) is 0 Å². The number of rotatable bonds is 4. The molecule has 1 fully saturated rings. The molecule has 158 valence electrons. The van der Waals surface area contributed by atoms with Gasteiger partial charge in [-0.3, -0.25) is 4.90 Å². The molecule has 2 unspecified atom stereocenters. The quantitative estimate of drug-likeness (QED) is 0.702. The van der Waals surface area contributed by atoms with Gasteiger partial charge >= 0.3 is 6.09 Å². The van der Waals surface area contributed by atoms with Crippen LogP contribution in [0.5, 0.6) is 0 Å². The Morgan fingerprint density at radius 3 is 2.45 bits per heavy atom. The summed E-state index contributed by atoms with van der Waals surface area (Å²) in [4.78, 5) is 19.0. The number of likely N-dealkylation sites (tertiary alicyclic amines) is 1. The monoisotopic (exact) mass is 400 g/mol. The topological polar surface area (TPSA) is 64.8 Å². The molecule has 3 rings (SSSR count). The van der Waals surface area contributed by atoms with E-state index in [1.807, 2.05) is 51.1 Å². The molecule has 29 heavy (non-hydrogen) atoms. The third-order valence-electron chi connectivity index (χ3n) is 4.77. The van der Waals surface area contributed by atoms with Gasteiger partial charge < -0.3 is 13.9 Å². The largest absolute Gasteiger partial charge is 0.445 e. The zero-order valence-corrected chi connectivity index (χ0v) is 18.3. The van der Waals surface area contributed by atoms with E-state index in [0.29, 0.717) is 18.9 Å². The molecule has 0 spiro atoms. The predicted molar refractivity (Wildman–Crippen MR) is 111 cm³/mol. The van der Waals surface area contributed by atoms with Gasteiger partial charge in [0, 0.05) is 11.8 Å². The lowest BCUT2D eigenvalue weighted by Gasteiger charge is -2.24. The van der Waals surface area contributed by atoms with Crippen molar-refractivity contribution in [1.29, 1.82) is 0 Å². The molecule has 1 aliphatic heterocycles. The van der Waals surface area contributed by atoms with Crippen LogP contribution in [-0.2, 0) is 21.5 Å². The Balaban J connectivity index is 1.77. The number of amides is 1. The first-order chi connectivity index (χ1) is 13.5. The van der Waals surface area contributed by atoms with Crippen molar-refractivity contribution in [2.75, 3.05) is 6.54 Å². The Morgan fingerprint density at radius 1 is 1.17 bits per heavy atom. The molecule has 6 nitrogen and oxygen atoms in total. The fraction of sp³-hybridized carbons (Fsp3) is 0.565. The third-order valence-corrected chi connectivity index (χ3v) is 4.77. The van der Waals surface area contributed by atoms with Crippen LogP contribution in [0.15, 0.2) is 40.9 Å². The van der Waals surface area contributed by atoms with Crippen molar-refractivity contribution in [2.24, 2.45) is 0 Å². The van der Waals surface area contributed by atoms with E-state index in [0.717, 1.165) is 11.3 Å². The minimum atomic E-state index is -0.380. The second-order valence-electron chi connectivity index (χ2n) is 9.61. The molecule has 1 aromatic heterocycles. The summed E-state index contributed by atoms with van der Waals surface area (Å²) < 4.78 is 17.8. The molecule has 2 heterocycles. The number of hydrogen-bond donors (Lipinski definition) is 0. The van der Waals surface area contributed by atoms with Gasteiger partial charge in [-0.1, -0.05) is 51.1 Å². The van der Waals surface area contributed by atoms with Crippen molar-refractivity contribution in [1.82, 2.24) is 9.88 Å². The summed E-state index contributed by atoms with van der Waals surface area (Å²) in [5.41, 5.74) is 0.501. The predicted octanol–water partition coefficient (Wildman–Crippen LogP) is 5.24. The van der Waals surface area contributed by atoms with Crippen LogP contribution >= 0.6 is 0 Å². The molecular weight excluding hydrogens is 368 g/mol. The van der Waals surface area contributed by atoms with Crippen molar-refractivity contribution in [3.05, 3.63) is 53.7 Å². The summed E-state index contributed by atoms with van der Waals surface area (Å²) in [5.74, 6) is 1.33. The summed E-state index contributed by atoms with van der Waals surface area (Å²) in [7, 11) is 0. The lowest BCUT2D eigenvalue weighted by molar-refractivity contribution is -0.0540. The highest BCUT2D eigenvalue weighted by molar-refractivity contribution is 5.68. The van der Waals surface area contributed by atoms with E-state index in [1.165, 1.54) is 0 Å². The highest BCUT2D eigenvalue weighted by Gasteiger charge is 2.42. The number of nitrogens with zero attached hydrogens (tertiary/aromatic N) is 2. The van der Waals surface area contributed by atoms with E-state index < -0.39 is 0 Å². The maximum Gasteiger partial charge on any atom is 0.410 e. The third kappa shape index (κ3) is 5.60. The summed E-state index contributed by atoms with van der Waals surface area (Å²) in [6, 6.07) is 9.35. The summed E-state index contributed by atoms with van der Waals surface area (Å²) in [6.45, 7) is 12.9. The fourth-order valence-electron chi connectivity index (χ4n) is 3.41. The fourth-order valence-corrected chi connectivity index (χ4v) is 3.41. The van der Waals surface area contributed by atoms with Crippen LogP contribution < -0.4 is 0 Å². The average molecular weight is 401 g/mol. The van der Waals surface area contributed by atoms with E-state index in [4.69, 9.17) is 13.9 Å². The van der Waals surface area contributed by atoms with Crippen molar-refractivity contribution >= 4 is 6.09 Å². The number of benzene rings is 1. The van der Waals surface area contributed by atoms with E-state index in [1.54, 1.807) is 11.1 Å². The van der Waals surface area contributed by atoms with Crippen molar-refractivity contribution in [3.63, 3.8) is 0 Å². The molecule has 2 atom stereocenters. The van der Waals surface area contributed by atoms with Crippen LogP contribution in [0.4, 0.5) is 4.79 Å². The van der Waals surface area contributed by atoms with E-state index in [9.17, 15) is 4.79 Å². The normalized spacial score (nSPS) is 20.1. The highest BCUT2D eigenvalue weighted by atomic mass is 16.6. The number of carbonyl (C=O) groups is 1. The van der Waals surface area contributed by atoms with Crippen LogP contribution in [-0.4, -0.2) is 34.2 Å². The zero-order chi connectivity index (χ0) is 21.2. The van der Waals surface area contributed by atoms with Gasteiger partial charge in [-0.25, -0.2) is 9.78 Å². The molecule has 0 radical (unpaired) electrons. The van der Waals surface area contributed by atoms with Gasteiger partial charge in [0.25, 0.3) is 0 Å². The first-order valence-corrected chi connectivity index (χ1v) is 10.1. The second kappa shape index (κ2) is 8.19. The Labute approximate surface area is 173 Å². The van der Waals surface area contributed by atoms with E-state index in [2.05, 4.69) is 25.8 Å². The lowest BCUT2D eigenvalue weighted by Crippen LogP contribution is -2.34. The van der Waals surface area contributed by atoms with Crippen LogP contribution in [0.1, 0.15) is 71.2 Å². The van der Waals surface area contributed by atoms with E-state index in [-0.39, 0.29) is 35.9 Å². The maximum absolute atomic E-state index is 12.9. The zero-order valence-electron chi connectivity index (χ0n) is 18.3. The van der Waals surface area contributed by atoms with E-state index >= 15 is 0 Å². The molecule has 1 amide bonds. The van der Waals surface area contributed by atoms with Crippen LogP contribution in [0.2, 0.25) is 0 Å². The van der Waals surface area contributed by atoms with Gasteiger partial charge in [0.2, 0.25) is 5.89 Å². The van der Waals surface area contributed by atoms with Gasteiger partial charge in [0.1, 0.15) is 18.4 Å². The van der Waals surface area contributed by atoms with Gasteiger partial charge in [-0.05, 0) is 26.3 Å². The second-order valence-corrected chi connectivity index (χ2v) is 9.61. The molecule has 0 bridgehead atoms. The number of oxazole rings is 1. The molecule has 1 aliphatic rings. The first-order valence-electron chi connectivity index (χ1n) is 10.1. The Kier molecular flexibility index (Phi) is 6.03. The number of ether oxygens (including phenoxy) is 2. The van der Waals surface area contributed by atoms with Gasteiger partial charge in [0.15, 0.2) is 0 Å².